The van der Waals surface area contributed by atoms with Crippen molar-refractivity contribution in [2.45, 2.75) is 12.3 Å². The Kier molecular flexibility index (Phi) is 5.85. The monoisotopic (exact) mass is 371 g/mol. The Morgan fingerprint density at radius 2 is 1.81 bits per heavy atom. The normalized spacial score (nSPS) is 12.7. The lowest BCUT2D eigenvalue weighted by Gasteiger charge is -2.16. The van der Waals surface area contributed by atoms with Crippen LogP contribution in [0.15, 0.2) is 16.6 Å². The molecule has 0 heterocycles. The van der Waals surface area contributed by atoms with E-state index in [0.717, 1.165) is 0 Å². The number of amides is 1. The Labute approximate surface area is 127 Å². The van der Waals surface area contributed by atoms with Crippen molar-refractivity contribution < 1.29 is 32.5 Å². The minimum Gasteiger partial charge on any atom is -0.495 e. The number of rotatable bonds is 5. The van der Waals surface area contributed by atoms with Crippen molar-refractivity contribution in [2.75, 3.05) is 20.8 Å². The molecule has 0 saturated heterocycles. The average Bonchev–Trinajstić information content (AvgIpc) is 2.43. The van der Waals surface area contributed by atoms with Crippen LogP contribution in [0, 0.1) is 0 Å². The summed E-state index contributed by atoms with van der Waals surface area (Å²) in [5, 5.41) is 10.8. The van der Waals surface area contributed by atoms with Crippen LogP contribution in [0.5, 0.6) is 11.5 Å². The molecule has 0 spiro atoms. The predicted molar refractivity (Wildman–Crippen MR) is 71.6 cm³/mol. The van der Waals surface area contributed by atoms with E-state index in [4.69, 9.17) is 14.6 Å². The topological polar surface area (TPSA) is 67.8 Å². The van der Waals surface area contributed by atoms with Gasteiger partial charge in [0, 0.05) is 5.56 Å². The molecule has 0 aliphatic heterocycles. The van der Waals surface area contributed by atoms with Crippen LogP contribution in [-0.2, 0) is 0 Å². The molecule has 1 atom stereocenters. The molecule has 1 amide bonds. The number of methoxy groups -OCH3 is 2. The first-order chi connectivity index (χ1) is 9.70. The molecule has 0 fully saturated rings. The van der Waals surface area contributed by atoms with Gasteiger partial charge in [-0.3, -0.25) is 4.79 Å². The molecule has 0 aromatic heterocycles. The van der Waals surface area contributed by atoms with Gasteiger partial charge in [-0.1, -0.05) is 0 Å². The van der Waals surface area contributed by atoms with E-state index in [0.29, 0.717) is 4.47 Å². The molecule has 0 radical (unpaired) electrons. The lowest BCUT2D eigenvalue weighted by Crippen LogP contribution is -2.40. The molecule has 9 heteroatoms. The van der Waals surface area contributed by atoms with Crippen LogP contribution >= 0.6 is 15.9 Å². The zero-order valence-corrected chi connectivity index (χ0v) is 12.7. The van der Waals surface area contributed by atoms with Gasteiger partial charge in [-0.15, -0.1) is 0 Å². The highest BCUT2D eigenvalue weighted by molar-refractivity contribution is 9.10. The van der Waals surface area contributed by atoms with Gasteiger partial charge in [-0.05, 0) is 28.1 Å². The third-order valence-electron chi connectivity index (χ3n) is 2.54. The quantitative estimate of drug-likeness (QED) is 0.831. The number of aliphatic hydroxyl groups is 1. The fourth-order valence-corrected chi connectivity index (χ4v) is 1.96. The number of ether oxygens (including phenoxy) is 2. The summed E-state index contributed by atoms with van der Waals surface area (Å²) in [4.78, 5) is 11.8. The Hall–Kier alpha value is -1.48. The maximum Gasteiger partial charge on any atom is 0.416 e. The molecule has 2 N–H and O–H groups in total. The van der Waals surface area contributed by atoms with Crippen molar-refractivity contribution >= 4 is 21.8 Å². The fraction of sp³-hybridized carbons (Fsp3) is 0.417. The van der Waals surface area contributed by atoms with Gasteiger partial charge in [0.15, 0.2) is 6.10 Å². The zero-order valence-electron chi connectivity index (χ0n) is 11.1. The van der Waals surface area contributed by atoms with Crippen LogP contribution in [0.3, 0.4) is 0 Å². The van der Waals surface area contributed by atoms with Crippen LogP contribution in [0.4, 0.5) is 13.2 Å². The van der Waals surface area contributed by atoms with Gasteiger partial charge in [0.05, 0.1) is 20.8 Å². The Morgan fingerprint density at radius 1 is 1.33 bits per heavy atom. The molecule has 0 saturated carbocycles. The van der Waals surface area contributed by atoms with Crippen LogP contribution < -0.4 is 14.8 Å². The van der Waals surface area contributed by atoms with Crippen molar-refractivity contribution in [3.63, 3.8) is 0 Å². The Morgan fingerprint density at radius 3 is 2.19 bits per heavy atom. The number of halogens is 4. The van der Waals surface area contributed by atoms with Gasteiger partial charge in [-0.2, -0.15) is 13.2 Å². The minimum atomic E-state index is -4.79. The molecule has 21 heavy (non-hydrogen) atoms. The number of carbonyl (C=O) groups excluding carboxylic acids is 1. The van der Waals surface area contributed by atoms with Gasteiger partial charge < -0.3 is 19.9 Å². The van der Waals surface area contributed by atoms with Gasteiger partial charge in [0.25, 0.3) is 5.91 Å². The molecule has 0 bridgehead atoms. The second kappa shape index (κ2) is 6.99. The van der Waals surface area contributed by atoms with Crippen molar-refractivity contribution in [3.05, 3.63) is 22.2 Å². The van der Waals surface area contributed by atoms with E-state index in [1.807, 2.05) is 5.32 Å². The summed E-state index contributed by atoms with van der Waals surface area (Å²) in [7, 11) is 2.74. The summed E-state index contributed by atoms with van der Waals surface area (Å²) >= 11 is 3.20. The summed E-state index contributed by atoms with van der Waals surface area (Å²) in [6, 6.07) is 2.67. The lowest BCUT2D eigenvalue weighted by molar-refractivity contribution is -0.201. The molecule has 118 valence electrons. The molecule has 0 aliphatic carbocycles. The lowest BCUT2D eigenvalue weighted by atomic mass is 10.2. The van der Waals surface area contributed by atoms with E-state index in [1.54, 1.807) is 0 Å². The van der Waals surface area contributed by atoms with Crippen LogP contribution in [0.2, 0.25) is 0 Å². The van der Waals surface area contributed by atoms with Crippen molar-refractivity contribution in [2.24, 2.45) is 0 Å². The van der Waals surface area contributed by atoms with Crippen LogP contribution in [0.25, 0.3) is 0 Å². The molecule has 1 rings (SSSR count). The number of hydrogen-bond donors (Lipinski definition) is 2. The third-order valence-corrected chi connectivity index (χ3v) is 3.32. The molecular weight excluding hydrogens is 359 g/mol. The number of aliphatic hydroxyl groups excluding tert-OH is 1. The van der Waals surface area contributed by atoms with Gasteiger partial charge >= 0.3 is 6.18 Å². The molecular formula is C12H13BrF3NO4. The first kappa shape index (κ1) is 17.6. The first-order valence-corrected chi connectivity index (χ1v) is 6.44. The summed E-state index contributed by atoms with van der Waals surface area (Å²) in [5.41, 5.74) is 0.0428. The summed E-state index contributed by atoms with van der Waals surface area (Å²) in [6.07, 6.45) is -7.41. The Balaban J connectivity index is 2.88. The van der Waals surface area contributed by atoms with Gasteiger partial charge in [-0.25, -0.2) is 0 Å². The van der Waals surface area contributed by atoms with E-state index in [1.165, 1.54) is 26.4 Å². The minimum absolute atomic E-state index is 0.0428. The van der Waals surface area contributed by atoms with Crippen LogP contribution in [-0.4, -0.2) is 44.1 Å². The van der Waals surface area contributed by atoms with Crippen molar-refractivity contribution in [1.29, 1.82) is 0 Å². The molecule has 1 aromatic carbocycles. The number of hydrogen-bond acceptors (Lipinski definition) is 4. The van der Waals surface area contributed by atoms with E-state index < -0.39 is 24.7 Å². The standard InChI is InChI=1S/C12H13BrF3NO4/c1-20-7-3-6(4-8(21-2)10(7)13)11(19)17-5-9(18)12(14,15)16/h3-4,9,18H,5H2,1-2H3,(H,17,19). The summed E-state index contributed by atoms with van der Waals surface area (Å²) < 4.78 is 46.9. The summed E-state index contributed by atoms with van der Waals surface area (Å²) in [5.74, 6) is -0.214. The number of carbonyl (C=O) groups is 1. The smallest absolute Gasteiger partial charge is 0.416 e. The van der Waals surface area contributed by atoms with Crippen molar-refractivity contribution in [3.8, 4) is 11.5 Å². The maximum atomic E-state index is 12.1. The maximum absolute atomic E-state index is 12.1. The summed E-state index contributed by atoms with van der Waals surface area (Å²) in [6.45, 7) is -0.941. The SMILES string of the molecule is COc1cc(C(=O)NCC(O)C(F)(F)F)cc(OC)c1Br. The van der Waals surface area contributed by atoms with Gasteiger partial charge in [0.1, 0.15) is 16.0 Å². The highest BCUT2D eigenvalue weighted by atomic mass is 79.9. The predicted octanol–water partition coefficient (Wildman–Crippen LogP) is 2.12. The second-order valence-electron chi connectivity index (χ2n) is 3.96. The molecule has 1 aromatic rings. The molecule has 0 aliphatic rings. The first-order valence-electron chi connectivity index (χ1n) is 5.65. The zero-order chi connectivity index (χ0) is 16.2. The van der Waals surface area contributed by atoms with E-state index >= 15 is 0 Å². The number of alkyl halides is 3. The third kappa shape index (κ3) is 4.50. The Bertz CT molecular complexity index is 497. The van der Waals surface area contributed by atoms with E-state index in [-0.39, 0.29) is 17.1 Å². The van der Waals surface area contributed by atoms with E-state index in [2.05, 4.69) is 15.9 Å². The highest BCUT2D eigenvalue weighted by Crippen LogP contribution is 2.35. The van der Waals surface area contributed by atoms with Crippen LogP contribution in [0.1, 0.15) is 10.4 Å². The van der Waals surface area contributed by atoms with Gasteiger partial charge in [0.2, 0.25) is 0 Å². The number of nitrogens with one attached hydrogen (secondary N) is 1. The van der Waals surface area contributed by atoms with E-state index in [9.17, 15) is 18.0 Å². The van der Waals surface area contributed by atoms with Crippen molar-refractivity contribution in [1.82, 2.24) is 5.32 Å². The average molecular weight is 372 g/mol. The second-order valence-corrected chi connectivity index (χ2v) is 4.76. The number of benzene rings is 1. The molecule has 1 unspecified atom stereocenters. The largest absolute Gasteiger partial charge is 0.495 e. The highest BCUT2D eigenvalue weighted by Gasteiger charge is 2.38. The fourth-order valence-electron chi connectivity index (χ4n) is 1.41. The molecule has 5 nitrogen and oxygen atoms in total.